The maximum absolute atomic E-state index is 11.1. The molecule has 4 saturated carbocycles. The van der Waals surface area contributed by atoms with Crippen molar-refractivity contribution in [3.05, 3.63) is 0 Å². The van der Waals surface area contributed by atoms with Gasteiger partial charge in [-0.25, -0.2) is 0 Å². The fourth-order valence-electron chi connectivity index (χ4n) is 9.55. The van der Waals surface area contributed by atoms with Crippen molar-refractivity contribution in [1.82, 2.24) is 0 Å². The number of fused-ring (bicyclic) bond motifs is 5. The van der Waals surface area contributed by atoms with Gasteiger partial charge in [0.2, 0.25) is 0 Å². The maximum atomic E-state index is 11.1. The zero-order valence-electron chi connectivity index (χ0n) is 18.9. The summed E-state index contributed by atoms with van der Waals surface area (Å²) in [7, 11) is 0. The van der Waals surface area contributed by atoms with E-state index in [4.69, 9.17) is 5.11 Å². The van der Waals surface area contributed by atoms with Crippen LogP contribution in [-0.2, 0) is 4.79 Å². The fraction of sp³-hybridized carbons (Fsp3) is 0.962. The van der Waals surface area contributed by atoms with E-state index in [9.17, 15) is 4.79 Å². The summed E-state index contributed by atoms with van der Waals surface area (Å²) in [5.74, 6) is 5.44. The van der Waals surface area contributed by atoms with Gasteiger partial charge in [-0.05, 0) is 104 Å². The Morgan fingerprint density at radius 1 is 1.00 bits per heavy atom. The first-order valence-corrected chi connectivity index (χ1v) is 12.5. The highest BCUT2D eigenvalue weighted by atomic mass is 16.4. The van der Waals surface area contributed by atoms with Crippen molar-refractivity contribution in [1.29, 1.82) is 0 Å². The third-order valence-electron chi connectivity index (χ3n) is 10.9. The summed E-state index contributed by atoms with van der Waals surface area (Å²) >= 11 is 0. The lowest BCUT2D eigenvalue weighted by molar-refractivity contribution is -0.140. The molecule has 0 radical (unpaired) electrons. The fourth-order valence-corrected chi connectivity index (χ4v) is 9.55. The van der Waals surface area contributed by atoms with Gasteiger partial charge in [0, 0.05) is 6.42 Å². The van der Waals surface area contributed by atoms with Gasteiger partial charge in [0.15, 0.2) is 0 Å². The van der Waals surface area contributed by atoms with Crippen LogP contribution in [0.1, 0.15) is 105 Å². The highest BCUT2D eigenvalue weighted by Gasteiger charge is 2.61. The van der Waals surface area contributed by atoms with E-state index in [1.165, 1.54) is 64.2 Å². The Morgan fingerprint density at radius 3 is 2.46 bits per heavy atom. The first-order chi connectivity index (χ1) is 13.3. The molecule has 4 aliphatic rings. The molecular weight excluding hydrogens is 344 g/mol. The molecule has 0 aromatic rings. The van der Waals surface area contributed by atoms with Crippen LogP contribution in [0.2, 0.25) is 0 Å². The predicted octanol–water partition coefficient (Wildman–Crippen LogP) is 7.17. The number of hydrogen-bond acceptors (Lipinski definition) is 1. The third-order valence-corrected chi connectivity index (χ3v) is 10.9. The van der Waals surface area contributed by atoms with Gasteiger partial charge >= 0.3 is 5.97 Å². The summed E-state index contributed by atoms with van der Waals surface area (Å²) in [4.78, 5) is 11.1. The van der Waals surface area contributed by atoms with E-state index in [0.717, 1.165) is 41.9 Å². The lowest BCUT2D eigenvalue weighted by atomic mass is 9.42. The lowest BCUT2D eigenvalue weighted by Crippen LogP contribution is -2.55. The number of carboxylic acids is 1. The van der Waals surface area contributed by atoms with E-state index in [2.05, 4.69) is 27.7 Å². The summed E-state index contributed by atoms with van der Waals surface area (Å²) in [5, 5.41) is 9.15. The van der Waals surface area contributed by atoms with Crippen LogP contribution in [0.25, 0.3) is 0 Å². The molecule has 1 N–H and O–H groups in total. The van der Waals surface area contributed by atoms with Gasteiger partial charge in [0.25, 0.3) is 0 Å². The van der Waals surface area contributed by atoms with Crippen LogP contribution in [0.3, 0.4) is 0 Å². The van der Waals surface area contributed by atoms with Crippen molar-refractivity contribution in [3.63, 3.8) is 0 Å². The Balaban J connectivity index is 1.56. The first kappa shape index (κ1) is 20.7. The minimum Gasteiger partial charge on any atom is -0.481 e. The highest BCUT2D eigenvalue weighted by Crippen LogP contribution is 2.69. The molecule has 0 bridgehead atoms. The van der Waals surface area contributed by atoms with Crippen molar-refractivity contribution in [3.8, 4) is 0 Å². The second-order valence-corrected chi connectivity index (χ2v) is 11.8. The van der Waals surface area contributed by atoms with Crippen LogP contribution in [0, 0.1) is 52.3 Å². The van der Waals surface area contributed by atoms with E-state index in [1.54, 1.807) is 0 Å². The Morgan fingerprint density at radius 2 is 1.75 bits per heavy atom. The minimum absolute atomic E-state index is 0.349. The van der Waals surface area contributed by atoms with E-state index in [0.29, 0.717) is 23.2 Å². The molecule has 7 unspecified atom stereocenters. The van der Waals surface area contributed by atoms with Crippen LogP contribution in [0.4, 0.5) is 0 Å². The van der Waals surface area contributed by atoms with Crippen molar-refractivity contribution in [2.24, 2.45) is 52.3 Å². The summed E-state index contributed by atoms with van der Waals surface area (Å²) < 4.78 is 0. The molecule has 28 heavy (non-hydrogen) atoms. The van der Waals surface area contributed by atoms with Crippen LogP contribution >= 0.6 is 0 Å². The van der Waals surface area contributed by atoms with Gasteiger partial charge in [0.05, 0.1) is 0 Å². The molecule has 4 rings (SSSR count). The molecule has 0 aromatic heterocycles. The Hall–Kier alpha value is -0.530. The van der Waals surface area contributed by atoms with Gasteiger partial charge in [-0.3, -0.25) is 4.79 Å². The Kier molecular flexibility index (Phi) is 5.64. The zero-order chi connectivity index (χ0) is 20.1. The molecule has 0 heterocycles. The average Bonchev–Trinajstić information content (AvgIpc) is 3.02. The normalized spacial score (nSPS) is 49.0. The molecule has 4 fully saturated rings. The maximum Gasteiger partial charge on any atom is 0.303 e. The molecule has 2 heteroatoms. The minimum atomic E-state index is -0.621. The van der Waals surface area contributed by atoms with Crippen LogP contribution < -0.4 is 0 Å². The van der Waals surface area contributed by atoms with Crippen molar-refractivity contribution in [2.45, 2.75) is 105 Å². The average molecular weight is 389 g/mol. The predicted molar refractivity (Wildman–Crippen MR) is 115 cm³/mol. The molecular formula is C26H44O2. The number of carbonyl (C=O) groups is 1. The van der Waals surface area contributed by atoms with Gasteiger partial charge < -0.3 is 5.11 Å². The van der Waals surface area contributed by atoms with E-state index >= 15 is 0 Å². The van der Waals surface area contributed by atoms with Crippen molar-refractivity contribution in [2.75, 3.05) is 0 Å². The molecule has 0 spiro atoms. The molecule has 9 atom stereocenters. The largest absolute Gasteiger partial charge is 0.481 e. The van der Waals surface area contributed by atoms with E-state index in [1.807, 2.05) is 0 Å². The Bertz CT molecular complexity index is 585. The number of aliphatic carboxylic acids is 1. The SMILES string of the molecule is CC[C@H]1CC2C3CCC(C(C)CCC(=O)O)C3(C)CC[C@@H]2C2(C)CCCCC12. The van der Waals surface area contributed by atoms with Crippen LogP contribution in [0.5, 0.6) is 0 Å². The summed E-state index contributed by atoms with van der Waals surface area (Å²) in [6, 6.07) is 0. The zero-order valence-corrected chi connectivity index (χ0v) is 18.9. The summed E-state index contributed by atoms with van der Waals surface area (Å²) in [6.45, 7) is 10.1. The second-order valence-electron chi connectivity index (χ2n) is 11.8. The quantitative estimate of drug-likeness (QED) is 0.542. The number of hydrogen-bond donors (Lipinski definition) is 1. The van der Waals surface area contributed by atoms with Crippen LogP contribution in [-0.4, -0.2) is 11.1 Å². The van der Waals surface area contributed by atoms with Crippen LogP contribution in [0.15, 0.2) is 0 Å². The molecule has 2 nitrogen and oxygen atoms in total. The second kappa shape index (κ2) is 7.62. The molecule has 160 valence electrons. The van der Waals surface area contributed by atoms with E-state index < -0.39 is 5.97 Å². The summed E-state index contributed by atoms with van der Waals surface area (Å²) in [5.41, 5.74) is 1.07. The molecule has 0 aromatic carbocycles. The van der Waals surface area contributed by atoms with E-state index in [-0.39, 0.29) is 0 Å². The summed E-state index contributed by atoms with van der Waals surface area (Å²) in [6.07, 6.45) is 15.6. The van der Waals surface area contributed by atoms with Gasteiger partial charge in [-0.1, -0.05) is 47.0 Å². The molecule has 4 aliphatic carbocycles. The third kappa shape index (κ3) is 3.16. The Labute approximate surface area is 173 Å². The van der Waals surface area contributed by atoms with Crippen molar-refractivity contribution < 1.29 is 9.90 Å². The molecule has 0 saturated heterocycles. The standard InChI is InChI=1S/C26H44O2/c1-5-18-16-19-22-11-10-20(17(2)9-12-24(27)28)26(22,4)15-13-23(19)25(3)14-7-6-8-21(18)25/h17-23H,5-16H2,1-4H3,(H,27,28)/t17?,18-,19?,20?,21?,22?,23-,25?,26?/m0/s1. The smallest absolute Gasteiger partial charge is 0.303 e. The molecule has 0 amide bonds. The number of rotatable bonds is 5. The van der Waals surface area contributed by atoms with Gasteiger partial charge in [-0.2, -0.15) is 0 Å². The lowest BCUT2D eigenvalue weighted by Gasteiger charge is -2.63. The van der Waals surface area contributed by atoms with Gasteiger partial charge in [-0.15, -0.1) is 0 Å². The van der Waals surface area contributed by atoms with Crippen molar-refractivity contribution >= 4 is 5.97 Å². The topological polar surface area (TPSA) is 37.3 Å². The number of carboxylic acid groups (broad SMARTS) is 1. The monoisotopic (exact) mass is 388 g/mol. The highest BCUT2D eigenvalue weighted by molar-refractivity contribution is 5.66. The van der Waals surface area contributed by atoms with Gasteiger partial charge in [0.1, 0.15) is 0 Å². The molecule has 0 aliphatic heterocycles. The first-order valence-electron chi connectivity index (χ1n) is 12.5.